The van der Waals surface area contributed by atoms with Gasteiger partial charge in [-0.05, 0) is 24.3 Å². The van der Waals surface area contributed by atoms with Crippen molar-refractivity contribution < 1.29 is 31.9 Å². The topological polar surface area (TPSA) is 75.0 Å². The van der Waals surface area contributed by atoms with Crippen LogP contribution in [0.15, 0.2) is 36.4 Å². The first kappa shape index (κ1) is 26.6. The van der Waals surface area contributed by atoms with Crippen molar-refractivity contribution in [1.82, 2.24) is 0 Å². The van der Waals surface area contributed by atoms with Gasteiger partial charge in [-0.2, -0.15) is 0 Å². The van der Waals surface area contributed by atoms with Gasteiger partial charge in [0.25, 0.3) is 0 Å². The third-order valence-electron chi connectivity index (χ3n) is 4.09. The van der Waals surface area contributed by atoms with E-state index >= 15 is 0 Å². The van der Waals surface area contributed by atoms with Gasteiger partial charge < -0.3 is 37.8 Å². The number of benzene rings is 2. The van der Waals surface area contributed by atoms with Crippen LogP contribution < -0.4 is 32.7 Å². The molecule has 0 bridgehead atoms. The number of para-hydroxylation sites is 1. The van der Waals surface area contributed by atoms with Crippen LogP contribution in [-0.4, -0.2) is 50.4 Å². The minimum atomic E-state index is -0.646. The zero-order valence-corrected chi connectivity index (χ0v) is 19.7. The predicted molar refractivity (Wildman–Crippen MR) is 119 cm³/mol. The minimum absolute atomic E-state index is 0. The van der Waals surface area contributed by atoms with Gasteiger partial charge in [-0.25, -0.2) is 0 Å². The number of likely N-dealkylation sites (N-methyl/N-ethyl adjacent to an activating group) is 1. The number of rotatable bonds is 10. The van der Waals surface area contributed by atoms with E-state index in [-0.39, 0.29) is 24.9 Å². The van der Waals surface area contributed by atoms with Crippen molar-refractivity contribution in [2.24, 2.45) is 0 Å². The monoisotopic (exact) mass is 495 g/mol. The molecule has 0 fully saturated rings. The second-order valence-electron chi connectivity index (χ2n) is 6.72. The summed E-state index contributed by atoms with van der Waals surface area (Å²) in [6.45, 7) is 3.47. The number of hydrogen-bond donors (Lipinski definition) is 4. The largest absolute Gasteiger partial charge is 1.00 e. The van der Waals surface area contributed by atoms with Crippen molar-refractivity contribution in [2.45, 2.75) is 13.0 Å². The van der Waals surface area contributed by atoms with Gasteiger partial charge in [-0.15, -0.1) is 0 Å². The van der Waals surface area contributed by atoms with E-state index in [0.29, 0.717) is 45.3 Å². The number of anilines is 2. The van der Waals surface area contributed by atoms with Crippen molar-refractivity contribution in [3.05, 3.63) is 51.5 Å². The Labute approximate surface area is 197 Å². The van der Waals surface area contributed by atoms with Crippen LogP contribution in [0.25, 0.3) is 0 Å². The zero-order chi connectivity index (χ0) is 21.4. The summed E-state index contributed by atoms with van der Waals surface area (Å²) < 4.78 is 5.60. The van der Waals surface area contributed by atoms with Gasteiger partial charge >= 0.3 is 0 Å². The Morgan fingerprint density at radius 3 is 2.43 bits per heavy atom. The first-order valence-electron chi connectivity index (χ1n) is 9.13. The van der Waals surface area contributed by atoms with Gasteiger partial charge in [0, 0.05) is 13.0 Å². The second-order valence-corrected chi connectivity index (χ2v) is 7.94. The van der Waals surface area contributed by atoms with Gasteiger partial charge in [0.1, 0.15) is 25.0 Å². The molecular formula is C20H25Cl4N3O3. The third-order valence-corrected chi connectivity index (χ3v) is 5.04. The number of aliphatic hydroxyl groups is 1. The fraction of sp³-hybridized carbons (Fsp3) is 0.350. The molecule has 0 aromatic heterocycles. The molecule has 2 aromatic rings. The molecule has 0 aliphatic heterocycles. The zero-order valence-electron chi connectivity index (χ0n) is 16.6. The van der Waals surface area contributed by atoms with Crippen molar-refractivity contribution in [3.8, 4) is 5.75 Å². The molecular weight excluding hydrogens is 472 g/mol. The van der Waals surface area contributed by atoms with Crippen LogP contribution in [-0.2, 0) is 4.79 Å². The fourth-order valence-electron chi connectivity index (χ4n) is 2.70. The highest BCUT2D eigenvalue weighted by Crippen LogP contribution is 2.29. The lowest BCUT2D eigenvalue weighted by molar-refractivity contribution is -0.881. The molecule has 0 spiro atoms. The van der Waals surface area contributed by atoms with Crippen LogP contribution in [0.4, 0.5) is 11.4 Å². The molecule has 0 aliphatic carbocycles. The highest BCUT2D eigenvalue weighted by atomic mass is 35.5. The highest BCUT2D eigenvalue weighted by molar-refractivity contribution is 6.39. The van der Waals surface area contributed by atoms with Crippen LogP contribution in [0.1, 0.15) is 6.92 Å². The molecule has 2 atom stereocenters. The Bertz CT molecular complexity index is 819. The van der Waals surface area contributed by atoms with Gasteiger partial charge in [-0.3, -0.25) is 4.79 Å². The maximum absolute atomic E-state index is 11.1. The van der Waals surface area contributed by atoms with E-state index in [2.05, 4.69) is 10.6 Å². The van der Waals surface area contributed by atoms with Crippen molar-refractivity contribution in [3.63, 3.8) is 0 Å². The summed E-state index contributed by atoms with van der Waals surface area (Å²) in [6, 6.07) is 10.3. The first-order valence-corrected chi connectivity index (χ1v) is 10.3. The Hall–Kier alpha value is -1.41. The normalized spacial score (nSPS) is 12.5. The Kier molecular flexibility index (Phi) is 11.6. The molecule has 2 rings (SSSR count). The molecule has 0 heterocycles. The lowest BCUT2D eigenvalue weighted by atomic mass is 10.3. The van der Waals surface area contributed by atoms with E-state index in [1.807, 2.05) is 7.05 Å². The summed E-state index contributed by atoms with van der Waals surface area (Å²) in [6.07, 6.45) is -0.646. The number of halogens is 4. The van der Waals surface area contributed by atoms with E-state index in [9.17, 15) is 9.90 Å². The van der Waals surface area contributed by atoms with Gasteiger partial charge in [0.2, 0.25) is 5.91 Å². The summed E-state index contributed by atoms with van der Waals surface area (Å²) in [5.41, 5.74) is 1.23. The maximum Gasteiger partial charge on any atom is 0.221 e. The molecule has 2 unspecified atom stereocenters. The SMILES string of the molecule is CC(=O)Nc1ccc(OCC(O)C[NH+](C)CCNc2c(Cl)cccc2Cl)cc1Cl.[Cl-]. The lowest BCUT2D eigenvalue weighted by Gasteiger charge is -2.19. The van der Waals surface area contributed by atoms with Gasteiger partial charge in [0.15, 0.2) is 0 Å². The molecule has 2 aromatic carbocycles. The highest BCUT2D eigenvalue weighted by Gasteiger charge is 2.13. The summed E-state index contributed by atoms with van der Waals surface area (Å²) in [4.78, 5) is 12.2. The quantitative estimate of drug-likeness (QED) is 0.373. The van der Waals surface area contributed by atoms with Crippen LogP contribution in [0.5, 0.6) is 5.75 Å². The fourth-order valence-corrected chi connectivity index (χ4v) is 3.45. The van der Waals surface area contributed by atoms with E-state index in [1.165, 1.54) is 6.92 Å². The molecule has 0 radical (unpaired) electrons. The van der Waals surface area contributed by atoms with Crippen molar-refractivity contribution in [2.75, 3.05) is 43.9 Å². The Balaban J connectivity index is 0.00000450. The second kappa shape index (κ2) is 13.1. The molecule has 6 nitrogen and oxygen atoms in total. The smallest absolute Gasteiger partial charge is 0.221 e. The third kappa shape index (κ3) is 8.76. The van der Waals surface area contributed by atoms with Crippen LogP contribution in [0, 0.1) is 0 Å². The number of nitrogens with one attached hydrogen (secondary N) is 3. The predicted octanol–water partition coefficient (Wildman–Crippen LogP) is -0.0243. The van der Waals surface area contributed by atoms with E-state index in [1.54, 1.807) is 36.4 Å². The molecule has 10 heteroatoms. The molecule has 166 valence electrons. The Morgan fingerprint density at radius 2 is 1.83 bits per heavy atom. The number of amides is 1. The number of ether oxygens (including phenoxy) is 1. The minimum Gasteiger partial charge on any atom is -1.00 e. The van der Waals surface area contributed by atoms with E-state index < -0.39 is 6.10 Å². The standard InChI is InChI=1S/C20H24Cl3N3O3.ClH/c1-13(27)25-19-7-6-15(10-18(19)23)29-12-14(28)11-26(2)9-8-24-20-16(21)4-3-5-17(20)22;/h3-7,10,14,24,28H,8-9,11-12H2,1-2H3,(H,25,27);1H. The van der Waals surface area contributed by atoms with Crippen LogP contribution in [0.3, 0.4) is 0 Å². The Morgan fingerprint density at radius 1 is 1.17 bits per heavy atom. The molecule has 1 amide bonds. The molecule has 0 saturated heterocycles. The average Bonchev–Trinajstić information content (AvgIpc) is 2.64. The van der Waals surface area contributed by atoms with E-state index in [4.69, 9.17) is 39.5 Å². The molecule has 0 saturated carbocycles. The summed E-state index contributed by atoms with van der Waals surface area (Å²) >= 11 is 18.4. The summed E-state index contributed by atoms with van der Waals surface area (Å²) in [5, 5.41) is 17.6. The van der Waals surface area contributed by atoms with E-state index in [0.717, 1.165) is 11.4 Å². The number of hydrogen-bond acceptors (Lipinski definition) is 4. The molecule has 30 heavy (non-hydrogen) atoms. The maximum atomic E-state index is 11.1. The number of quaternary nitrogens is 1. The lowest BCUT2D eigenvalue weighted by Crippen LogP contribution is -3.11. The van der Waals surface area contributed by atoms with Gasteiger partial charge in [-0.1, -0.05) is 40.9 Å². The molecule has 4 N–H and O–H groups in total. The van der Waals surface area contributed by atoms with Crippen LogP contribution in [0.2, 0.25) is 15.1 Å². The summed E-state index contributed by atoms with van der Waals surface area (Å²) in [7, 11) is 1.98. The molecule has 0 aliphatic rings. The summed E-state index contributed by atoms with van der Waals surface area (Å²) in [5.74, 6) is 0.323. The van der Waals surface area contributed by atoms with Gasteiger partial charge in [0.05, 0.1) is 46.6 Å². The van der Waals surface area contributed by atoms with Crippen LogP contribution >= 0.6 is 34.8 Å². The number of carbonyl (C=O) groups excluding carboxylic acids is 1. The average molecular weight is 497 g/mol. The van der Waals surface area contributed by atoms with Crippen molar-refractivity contribution in [1.29, 1.82) is 0 Å². The number of carbonyl (C=O) groups is 1. The number of aliphatic hydroxyl groups excluding tert-OH is 1. The first-order chi connectivity index (χ1) is 13.8. The van der Waals surface area contributed by atoms with Crippen molar-refractivity contribution >= 4 is 52.1 Å².